The van der Waals surface area contributed by atoms with Crippen LogP contribution in [0, 0.1) is 0 Å². The number of amides is 1. The number of aromatic nitrogens is 3. The maximum Gasteiger partial charge on any atom is 0.255 e. The second-order valence-electron chi connectivity index (χ2n) is 6.26. The summed E-state index contributed by atoms with van der Waals surface area (Å²) in [6, 6.07) is 13.2. The first-order valence-electron chi connectivity index (χ1n) is 9.34. The molecule has 1 aromatic carbocycles. The van der Waals surface area contributed by atoms with Crippen molar-refractivity contribution in [3.63, 3.8) is 0 Å². The van der Waals surface area contributed by atoms with E-state index in [0.717, 1.165) is 25.2 Å². The molecular formula is C21H25N5O. The minimum atomic E-state index is -0.167. The monoisotopic (exact) mass is 363 g/mol. The van der Waals surface area contributed by atoms with Gasteiger partial charge in [-0.3, -0.25) is 4.79 Å². The first-order chi connectivity index (χ1) is 13.2. The molecule has 0 fully saturated rings. The molecule has 1 N–H and O–H groups in total. The molecule has 6 heteroatoms. The van der Waals surface area contributed by atoms with Gasteiger partial charge in [-0.05, 0) is 55.8 Å². The summed E-state index contributed by atoms with van der Waals surface area (Å²) >= 11 is 0. The van der Waals surface area contributed by atoms with Crippen LogP contribution < -0.4 is 10.2 Å². The number of carbonyl (C=O) groups is 1. The van der Waals surface area contributed by atoms with E-state index in [9.17, 15) is 4.79 Å². The summed E-state index contributed by atoms with van der Waals surface area (Å²) in [6.07, 6.45) is 7.48. The molecule has 27 heavy (non-hydrogen) atoms. The molecule has 0 aliphatic carbocycles. The number of hydrogen-bond acceptors (Lipinski definition) is 4. The van der Waals surface area contributed by atoms with Gasteiger partial charge in [0.05, 0.1) is 5.69 Å². The maximum atomic E-state index is 12.7. The van der Waals surface area contributed by atoms with Crippen LogP contribution in [0.2, 0.25) is 0 Å². The highest BCUT2D eigenvalue weighted by molar-refractivity contribution is 6.05. The number of pyridine rings is 1. The third-order valence-corrected chi connectivity index (χ3v) is 4.41. The summed E-state index contributed by atoms with van der Waals surface area (Å²) < 4.78 is 1.63. The smallest absolute Gasteiger partial charge is 0.255 e. The van der Waals surface area contributed by atoms with E-state index in [-0.39, 0.29) is 5.91 Å². The van der Waals surface area contributed by atoms with Crippen LogP contribution in [0.15, 0.2) is 61.1 Å². The molecule has 0 unspecified atom stereocenters. The number of anilines is 2. The Labute approximate surface area is 159 Å². The van der Waals surface area contributed by atoms with Gasteiger partial charge in [-0.15, -0.1) is 0 Å². The number of unbranched alkanes of at least 4 members (excludes halogenated alkanes) is 1. The predicted octanol–water partition coefficient (Wildman–Crippen LogP) is 4.15. The van der Waals surface area contributed by atoms with Crippen molar-refractivity contribution in [1.29, 1.82) is 0 Å². The first kappa shape index (κ1) is 18.6. The molecule has 2 aromatic heterocycles. The van der Waals surface area contributed by atoms with Crippen molar-refractivity contribution in [2.24, 2.45) is 0 Å². The first-order valence-corrected chi connectivity index (χ1v) is 9.34. The highest BCUT2D eigenvalue weighted by Gasteiger charge is 2.12. The quantitative estimate of drug-likeness (QED) is 0.653. The van der Waals surface area contributed by atoms with Gasteiger partial charge < -0.3 is 10.2 Å². The van der Waals surface area contributed by atoms with Crippen LogP contribution in [-0.2, 0) is 0 Å². The van der Waals surface area contributed by atoms with Crippen LogP contribution in [-0.4, -0.2) is 33.8 Å². The molecule has 0 spiro atoms. The molecule has 2 heterocycles. The Balaban J connectivity index is 1.74. The van der Waals surface area contributed by atoms with Gasteiger partial charge in [0.1, 0.15) is 0 Å². The average molecular weight is 363 g/mol. The summed E-state index contributed by atoms with van der Waals surface area (Å²) in [4.78, 5) is 19.3. The van der Waals surface area contributed by atoms with Crippen molar-refractivity contribution in [3.8, 4) is 5.82 Å². The Morgan fingerprint density at radius 3 is 2.59 bits per heavy atom. The molecule has 0 aliphatic rings. The third-order valence-electron chi connectivity index (χ3n) is 4.41. The number of benzene rings is 1. The van der Waals surface area contributed by atoms with Crippen molar-refractivity contribution in [2.45, 2.75) is 26.7 Å². The molecule has 3 aromatic rings. The fourth-order valence-corrected chi connectivity index (χ4v) is 2.91. The van der Waals surface area contributed by atoms with Gasteiger partial charge in [-0.1, -0.05) is 13.3 Å². The van der Waals surface area contributed by atoms with Crippen LogP contribution in [0.3, 0.4) is 0 Å². The van der Waals surface area contributed by atoms with Crippen LogP contribution >= 0.6 is 0 Å². The normalized spacial score (nSPS) is 10.6. The van der Waals surface area contributed by atoms with Gasteiger partial charge in [-0.25, -0.2) is 9.67 Å². The Bertz CT molecular complexity index is 859. The Hall–Kier alpha value is -3.15. The van der Waals surface area contributed by atoms with E-state index >= 15 is 0 Å². The summed E-state index contributed by atoms with van der Waals surface area (Å²) in [5.41, 5.74) is 2.37. The number of rotatable bonds is 8. The number of carbonyl (C=O) groups excluding carboxylic acids is 1. The number of hydrogen-bond donors (Lipinski definition) is 1. The fraction of sp³-hybridized carbons (Fsp3) is 0.286. The highest BCUT2D eigenvalue weighted by atomic mass is 16.1. The number of nitrogens with one attached hydrogen (secondary N) is 1. The average Bonchev–Trinajstić information content (AvgIpc) is 3.24. The zero-order valence-corrected chi connectivity index (χ0v) is 15.8. The lowest BCUT2D eigenvalue weighted by Crippen LogP contribution is -2.23. The van der Waals surface area contributed by atoms with E-state index in [1.54, 1.807) is 29.3 Å². The highest BCUT2D eigenvalue weighted by Crippen LogP contribution is 2.19. The molecular weight excluding hydrogens is 338 g/mol. The Kier molecular flexibility index (Phi) is 6.20. The standard InChI is InChI=1S/C21H25N5O/c1-3-5-15-25(4-2)18-11-9-17(10-12-18)21(27)24-19-8-6-13-22-20(19)26-16-7-14-23-26/h6-14,16H,3-5,15H2,1-2H3,(H,24,27). The molecule has 0 atom stereocenters. The summed E-state index contributed by atoms with van der Waals surface area (Å²) in [5.74, 6) is 0.420. The zero-order valence-electron chi connectivity index (χ0n) is 15.8. The molecule has 140 valence electrons. The van der Waals surface area contributed by atoms with Crippen LogP contribution in [0.1, 0.15) is 37.0 Å². The van der Waals surface area contributed by atoms with E-state index in [0.29, 0.717) is 17.1 Å². The van der Waals surface area contributed by atoms with Crippen LogP contribution in [0.25, 0.3) is 5.82 Å². The molecule has 0 bridgehead atoms. The topological polar surface area (TPSA) is 63.1 Å². The third kappa shape index (κ3) is 4.53. The molecule has 1 amide bonds. The summed E-state index contributed by atoms with van der Waals surface area (Å²) in [7, 11) is 0. The van der Waals surface area contributed by atoms with Gasteiger partial charge >= 0.3 is 0 Å². The van der Waals surface area contributed by atoms with Crippen molar-refractivity contribution in [1.82, 2.24) is 14.8 Å². The molecule has 3 rings (SSSR count). The minimum Gasteiger partial charge on any atom is -0.372 e. The van der Waals surface area contributed by atoms with E-state index in [2.05, 4.69) is 34.1 Å². The SMILES string of the molecule is CCCCN(CC)c1ccc(C(=O)Nc2cccnc2-n2cccn2)cc1. The van der Waals surface area contributed by atoms with Gasteiger partial charge in [-0.2, -0.15) is 5.10 Å². The molecule has 0 aliphatic heterocycles. The van der Waals surface area contributed by atoms with Crippen molar-refractivity contribution in [3.05, 3.63) is 66.6 Å². The van der Waals surface area contributed by atoms with E-state index in [4.69, 9.17) is 0 Å². The lowest BCUT2D eigenvalue weighted by atomic mass is 10.1. The van der Waals surface area contributed by atoms with E-state index in [1.165, 1.54) is 6.42 Å². The fourth-order valence-electron chi connectivity index (χ4n) is 2.91. The maximum absolute atomic E-state index is 12.7. The molecule has 0 saturated carbocycles. The Morgan fingerprint density at radius 2 is 1.93 bits per heavy atom. The van der Waals surface area contributed by atoms with Crippen molar-refractivity contribution in [2.75, 3.05) is 23.3 Å². The van der Waals surface area contributed by atoms with Crippen LogP contribution in [0.4, 0.5) is 11.4 Å². The summed E-state index contributed by atoms with van der Waals surface area (Å²) in [5, 5.41) is 7.13. The van der Waals surface area contributed by atoms with E-state index in [1.807, 2.05) is 36.4 Å². The van der Waals surface area contributed by atoms with Crippen molar-refractivity contribution >= 4 is 17.3 Å². The Morgan fingerprint density at radius 1 is 1.11 bits per heavy atom. The lowest BCUT2D eigenvalue weighted by molar-refractivity contribution is 0.102. The zero-order chi connectivity index (χ0) is 19.1. The minimum absolute atomic E-state index is 0.167. The van der Waals surface area contributed by atoms with Crippen molar-refractivity contribution < 1.29 is 4.79 Å². The number of nitrogens with zero attached hydrogens (tertiary/aromatic N) is 4. The largest absolute Gasteiger partial charge is 0.372 e. The van der Waals surface area contributed by atoms with Crippen LogP contribution in [0.5, 0.6) is 0 Å². The molecule has 0 radical (unpaired) electrons. The second-order valence-corrected chi connectivity index (χ2v) is 6.26. The van der Waals surface area contributed by atoms with Gasteiger partial charge in [0.2, 0.25) is 0 Å². The second kappa shape index (κ2) is 8.98. The molecule has 0 saturated heterocycles. The molecule has 6 nitrogen and oxygen atoms in total. The predicted molar refractivity (Wildman–Crippen MR) is 109 cm³/mol. The van der Waals surface area contributed by atoms with Gasteiger partial charge in [0.25, 0.3) is 5.91 Å². The van der Waals surface area contributed by atoms with E-state index < -0.39 is 0 Å². The van der Waals surface area contributed by atoms with Gasteiger partial charge in [0, 0.05) is 42.9 Å². The van der Waals surface area contributed by atoms with Gasteiger partial charge in [0.15, 0.2) is 5.82 Å². The lowest BCUT2D eigenvalue weighted by Gasteiger charge is -2.23. The summed E-state index contributed by atoms with van der Waals surface area (Å²) in [6.45, 7) is 6.32.